The Morgan fingerprint density at radius 1 is 1.06 bits per heavy atom. The third kappa shape index (κ3) is 3.84. The summed E-state index contributed by atoms with van der Waals surface area (Å²) in [6, 6.07) is 14.8. The number of piperidine rings is 1. The molecule has 6 rings (SSSR count). The smallest absolute Gasteiger partial charge is 0.255 e. The van der Waals surface area contributed by atoms with E-state index in [9.17, 15) is 14.4 Å². The molecular weight excluding hydrogens is 446 g/mol. The van der Waals surface area contributed by atoms with Crippen molar-refractivity contribution < 1.29 is 19.1 Å². The Labute approximate surface area is 200 Å². The number of amides is 3. The number of carbonyl (C=O) groups is 3. The summed E-state index contributed by atoms with van der Waals surface area (Å²) in [5.41, 5.74) is 4.37. The van der Waals surface area contributed by atoms with Crippen LogP contribution in [0.4, 0.5) is 0 Å². The SMILES string of the molecule is O=C1CCC(N2Cc3c(OCc4cn(Cc5ccnc6ccccc56)[nH]4)cccc3C2=O)C(=O)N1. The predicted molar refractivity (Wildman–Crippen MR) is 126 cm³/mol. The van der Waals surface area contributed by atoms with E-state index in [1.807, 2.05) is 47.4 Å². The van der Waals surface area contributed by atoms with E-state index in [1.165, 1.54) is 10.5 Å². The number of nitrogens with zero attached hydrogens (tertiary/aromatic N) is 3. The van der Waals surface area contributed by atoms with Gasteiger partial charge in [0.2, 0.25) is 11.8 Å². The lowest BCUT2D eigenvalue weighted by molar-refractivity contribution is -0.136. The van der Waals surface area contributed by atoms with Crippen molar-refractivity contribution in [2.24, 2.45) is 0 Å². The largest absolute Gasteiger partial charge is 0.487 e. The molecule has 1 fully saturated rings. The van der Waals surface area contributed by atoms with E-state index in [0.29, 0.717) is 30.9 Å². The highest BCUT2D eigenvalue weighted by molar-refractivity contribution is 6.05. The summed E-state index contributed by atoms with van der Waals surface area (Å²) >= 11 is 0. The van der Waals surface area contributed by atoms with Crippen LogP contribution in [0, 0.1) is 0 Å². The van der Waals surface area contributed by atoms with Gasteiger partial charge in [-0.3, -0.25) is 34.5 Å². The standard InChI is InChI=1S/C26H23N5O4/c32-24-9-8-22(25(33)28-24)31-14-20-19(26(31)34)5-3-7-23(20)35-15-17-13-30(29-17)12-16-10-11-27-21-6-2-1-4-18(16)21/h1-7,10-11,13,22,29H,8-9,12,14-15H2,(H,28,32,33). The molecule has 176 valence electrons. The number of hydrogen-bond donors (Lipinski definition) is 2. The number of benzene rings is 2. The van der Waals surface area contributed by atoms with Crippen molar-refractivity contribution in [2.45, 2.75) is 38.6 Å². The van der Waals surface area contributed by atoms with E-state index in [-0.39, 0.29) is 24.8 Å². The lowest BCUT2D eigenvalue weighted by atomic mass is 10.0. The molecule has 9 nitrogen and oxygen atoms in total. The monoisotopic (exact) mass is 469 g/mol. The number of para-hydroxylation sites is 1. The van der Waals surface area contributed by atoms with Gasteiger partial charge in [-0.25, -0.2) is 0 Å². The highest BCUT2D eigenvalue weighted by atomic mass is 16.5. The highest BCUT2D eigenvalue weighted by Gasteiger charge is 2.40. The van der Waals surface area contributed by atoms with Crippen LogP contribution in [-0.4, -0.2) is 43.4 Å². The number of carbonyl (C=O) groups excluding carboxylic acids is 3. The Morgan fingerprint density at radius 3 is 2.77 bits per heavy atom. The van der Waals surface area contributed by atoms with Crippen LogP contribution >= 0.6 is 0 Å². The molecule has 2 aromatic heterocycles. The van der Waals surface area contributed by atoms with E-state index < -0.39 is 11.9 Å². The molecule has 0 radical (unpaired) electrons. The highest BCUT2D eigenvalue weighted by Crippen LogP contribution is 2.34. The van der Waals surface area contributed by atoms with E-state index in [0.717, 1.165) is 22.2 Å². The van der Waals surface area contributed by atoms with Crippen molar-refractivity contribution in [2.75, 3.05) is 0 Å². The van der Waals surface area contributed by atoms with Gasteiger partial charge in [0.05, 0.1) is 24.3 Å². The molecule has 9 heteroatoms. The second-order valence-corrected chi connectivity index (χ2v) is 8.85. The summed E-state index contributed by atoms with van der Waals surface area (Å²) in [6.07, 6.45) is 4.38. The maximum absolute atomic E-state index is 13.0. The first-order valence-corrected chi connectivity index (χ1v) is 11.5. The van der Waals surface area contributed by atoms with E-state index in [4.69, 9.17) is 4.74 Å². The van der Waals surface area contributed by atoms with Crippen LogP contribution in [-0.2, 0) is 29.3 Å². The van der Waals surface area contributed by atoms with Gasteiger partial charge in [-0.05, 0) is 36.2 Å². The molecule has 35 heavy (non-hydrogen) atoms. The number of pyridine rings is 1. The Morgan fingerprint density at radius 2 is 1.91 bits per heavy atom. The van der Waals surface area contributed by atoms with Gasteiger partial charge in [-0.2, -0.15) is 0 Å². The van der Waals surface area contributed by atoms with Crippen LogP contribution in [0.3, 0.4) is 0 Å². The normalized spacial score (nSPS) is 17.7. The topological polar surface area (TPSA) is 109 Å². The third-order valence-corrected chi connectivity index (χ3v) is 6.60. The third-order valence-electron chi connectivity index (χ3n) is 6.60. The zero-order chi connectivity index (χ0) is 23.9. The average molecular weight is 470 g/mol. The van der Waals surface area contributed by atoms with Crippen LogP contribution in [0.25, 0.3) is 10.9 Å². The number of ether oxygens (including phenoxy) is 1. The summed E-state index contributed by atoms with van der Waals surface area (Å²) in [6.45, 7) is 1.31. The Hall–Kier alpha value is -4.40. The maximum Gasteiger partial charge on any atom is 0.255 e. The van der Waals surface area contributed by atoms with Gasteiger partial charge < -0.3 is 9.64 Å². The molecular formula is C26H23N5O4. The Balaban J connectivity index is 1.12. The first kappa shape index (κ1) is 21.2. The number of nitrogens with one attached hydrogen (secondary N) is 2. The summed E-state index contributed by atoms with van der Waals surface area (Å²) in [5, 5.41) is 6.75. The van der Waals surface area contributed by atoms with Crippen molar-refractivity contribution in [1.29, 1.82) is 0 Å². The predicted octanol–water partition coefficient (Wildman–Crippen LogP) is 2.75. The van der Waals surface area contributed by atoms with Crippen molar-refractivity contribution in [3.63, 3.8) is 0 Å². The Bertz CT molecular complexity index is 1450. The zero-order valence-corrected chi connectivity index (χ0v) is 18.9. The van der Waals surface area contributed by atoms with Crippen LogP contribution in [0.2, 0.25) is 0 Å². The van der Waals surface area contributed by atoms with Crippen LogP contribution in [0.15, 0.2) is 60.9 Å². The zero-order valence-electron chi connectivity index (χ0n) is 18.9. The van der Waals surface area contributed by atoms with Crippen LogP contribution < -0.4 is 10.1 Å². The van der Waals surface area contributed by atoms with Crippen molar-refractivity contribution in [3.8, 4) is 5.75 Å². The number of imide groups is 1. The fraction of sp³-hybridized carbons (Fsp3) is 0.231. The summed E-state index contributed by atoms with van der Waals surface area (Å²) in [7, 11) is 0. The molecule has 2 aliphatic rings. The van der Waals surface area contributed by atoms with Gasteiger partial charge in [0.1, 0.15) is 18.4 Å². The lowest BCUT2D eigenvalue weighted by Gasteiger charge is -2.29. The minimum Gasteiger partial charge on any atom is -0.487 e. The number of fused-ring (bicyclic) bond motifs is 2. The molecule has 0 spiro atoms. The van der Waals surface area contributed by atoms with Gasteiger partial charge in [0.25, 0.3) is 5.91 Å². The second kappa shape index (κ2) is 8.43. The summed E-state index contributed by atoms with van der Waals surface area (Å²) < 4.78 is 8.04. The lowest BCUT2D eigenvalue weighted by Crippen LogP contribution is -2.52. The Kier molecular flexibility index (Phi) is 5.09. The molecule has 1 atom stereocenters. The number of aromatic nitrogens is 3. The second-order valence-electron chi connectivity index (χ2n) is 8.85. The fourth-order valence-corrected chi connectivity index (χ4v) is 4.85. The van der Waals surface area contributed by atoms with Crippen LogP contribution in [0.1, 0.15) is 40.0 Å². The molecule has 0 bridgehead atoms. The molecule has 1 unspecified atom stereocenters. The van der Waals surface area contributed by atoms with E-state index >= 15 is 0 Å². The fourth-order valence-electron chi connectivity index (χ4n) is 4.85. The van der Waals surface area contributed by atoms with E-state index in [1.54, 1.807) is 12.1 Å². The average Bonchev–Trinajstić information content (AvgIpc) is 3.17. The molecule has 2 aliphatic heterocycles. The van der Waals surface area contributed by atoms with Gasteiger partial charge >= 0.3 is 0 Å². The van der Waals surface area contributed by atoms with Gasteiger partial charge in [-0.1, -0.05) is 24.3 Å². The molecule has 0 saturated carbocycles. The number of aromatic amines is 1. The van der Waals surface area contributed by atoms with Crippen molar-refractivity contribution in [1.82, 2.24) is 25.0 Å². The van der Waals surface area contributed by atoms with Gasteiger partial charge in [0.15, 0.2) is 0 Å². The first-order valence-electron chi connectivity index (χ1n) is 11.5. The molecule has 4 aromatic rings. The minimum atomic E-state index is -0.644. The molecule has 3 amide bonds. The van der Waals surface area contributed by atoms with Crippen molar-refractivity contribution >= 4 is 28.6 Å². The molecule has 2 aromatic carbocycles. The molecule has 0 aliphatic carbocycles. The van der Waals surface area contributed by atoms with Gasteiger partial charge in [-0.15, -0.1) is 0 Å². The van der Waals surface area contributed by atoms with E-state index in [2.05, 4.69) is 21.5 Å². The minimum absolute atomic E-state index is 0.211. The van der Waals surface area contributed by atoms with Gasteiger partial charge in [0, 0.05) is 35.3 Å². The number of rotatable bonds is 6. The maximum atomic E-state index is 13.0. The first-order chi connectivity index (χ1) is 17.1. The molecule has 4 heterocycles. The van der Waals surface area contributed by atoms with Crippen molar-refractivity contribution in [3.05, 3.63) is 83.3 Å². The molecule has 1 saturated heterocycles. The molecule has 2 N–H and O–H groups in total. The number of H-pyrrole nitrogens is 1. The number of hydrogen-bond acceptors (Lipinski definition) is 5. The van der Waals surface area contributed by atoms with Crippen LogP contribution in [0.5, 0.6) is 5.75 Å². The summed E-state index contributed by atoms with van der Waals surface area (Å²) in [4.78, 5) is 42.7. The quantitative estimate of drug-likeness (QED) is 0.422. The summed E-state index contributed by atoms with van der Waals surface area (Å²) in [5.74, 6) is -0.314.